The van der Waals surface area contributed by atoms with Crippen LogP contribution in [0.3, 0.4) is 0 Å². The minimum atomic E-state index is -2.18. The fourth-order valence-electron chi connectivity index (χ4n) is 5.90. The highest BCUT2D eigenvalue weighted by molar-refractivity contribution is 7.15. The number of pyridine rings is 1. The molecule has 0 radical (unpaired) electrons. The fourth-order valence-corrected chi connectivity index (χ4v) is 6.85. The van der Waals surface area contributed by atoms with Crippen LogP contribution in [0.4, 0.5) is 0 Å². The topological polar surface area (TPSA) is 181 Å². The van der Waals surface area contributed by atoms with E-state index in [0.29, 0.717) is 28.8 Å². The molecule has 0 aliphatic carbocycles. The minimum absolute atomic E-state index is 0.0816. The number of fused-ring (bicyclic) bond motifs is 1. The second kappa shape index (κ2) is 15.0. The third-order valence-electron chi connectivity index (χ3n) is 8.64. The summed E-state index contributed by atoms with van der Waals surface area (Å²) >= 11 is 1.49. The molecule has 7 N–H and O–H groups in total. The SMILES string of the molecule is COc1cc(C(=O)NCc2ccc(-c3ccc(C(O)(C(=O)O)c4ccccc4)cc3)s2)ccc1CNCC(O)c1ccc(O)c2[nH]c(=O)ccc12. The standard InChI is InChI=1S/C39H35N3O8S/c1-50-33-19-24(7-8-25(33)20-40-22-32(44)29-14-16-31(43)36-30(29)15-18-35(45)42-36)37(46)41-21-28-13-17-34(51-28)23-9-11-27(12-10-23)39(49,38(47)48)26-5-3-2-4-6-26/h2-19,32,40,43-44,49H,20-22H2,1H3,(H,41,46)(H,42,45)(H,47,48). The summed E-state index contributed by atoms with van der Waals surface area (Å²) in [4.78, 5) is 41.3. The number of carbonyl (C=O) groups is 2. The molecule has 2 unspecified atom stereocenters. The van der Waals surface area contributed by atoms with E-state index < -0.39 is 17.7 Å². The van der Waals surface area contributed by atoms with Gasteiger partial charge in [0.1, 0.15) is 11.5 Å². The van der Waals surface area contributed by atoms with E-state index in [1.54, 1.807) is 84.9 Å². The fraction of sp³-hybridized carbons (Fsp3) is 0.154. The number of hydrogen-bond donors (Lipinski definition) is 7. The van der Waals surface area contributed by atoms with Gasteiger partial charge < -0.3 is 40.8 Å². The second-order valence-electron chi connectivity index (χ2n) is 11.9. The first kappa shape index (κ1) is 35.1. The number of phenolic OH excluding ortho intramolecular Hbond substituents is 1. The van der Waals surface area contributed by atoms with Gasteiger partial charge in [-0.15, -0.1) is 11.3 Å². The van der Waals surface area contributed by atoms with E-state index in [4.69, 9.17) is 4.74 Å². The Bertz CT molecular complexity index is 2250. The number of carboxylic acids is 1. The molecule has 6 rings (SSSR count). The van der Waals surface area contributed by atoms with Crippen LogP contribution in [0.25, 0.3) is 21.3 Å². The summed E-state index contributed by atoms with van der Waals surface area (Å²) in [5, 5.41) is 48.7. The van der Waals surface area contributed by atoms with Crippen molar-refractivity contribution in [3.8, 4) is 21.9 Å². The lowest BCUT2D eigenvalue weighted by molar-refractivity contribution is -0.155. The quantitative estimate of drug-likeness (QED) is 0.0866. The number of H-pyrrole nitrogens is 1. The Balaban J connectivity index is 1.05. The van der Waals surface area contributed by atoms with E-state index in [0.717, 1.165) is 20.9 Å². The number of aromatic amines is 1. The number of thiophene rings is 1. The summed E-state index contributed by atoms with van der Waals surface area (Å²) in [6.45, 7) is 0.809. The van der Waals surface area contributed by atoms with Crippen molar-refractivity contribution in [3.63, 3.8) is 0 Å². The number of methoxy groups -OCH3 is 1. The molecule has 2 aromatic heterocycles. The molecule has 0 fully saturated rings. The van der Waals surface area contributed by atoms with Crippen molar-refractivity contribution in [2.45, 2.75) is 24.8 Å². The summed E-state index contributed by atoms with van der Waals surface area (Å²) < 4.78 is 5.55. The van der Waals surface area contributed by atoms with Crippen molar-refractivity contribution in [2.24, 2.45) is 0 Å². The van der Waals surface area contributed by atoms with Gasteiger partial charge in [0.15, 0.2) is 0 Å². The average molecular weight is 706 g/mol. The maximum Gasteiger partial charge on any atom is 0.345 e. The predicted molar refractivity (Wildman–Crippen MR) is 194 cm³/mol. The number of benzene rings is 4. The van der Waals surface area contributed by atoms with E-state index in [1.165, 1.54) is 30.6 Å². The Morgan fingerprint density at radius 2 is 1.65 bits per heavy atom. The highest BCUT2D eigenvalue weighted by Crippen LogP contribution is 2.34. The first-order chi connectivity index (χ1) is 24.6. The number of aliphatic carboxylic acids is 1. The maximum absolute atomic E-state index is 13.1. The number of aromatic nitrogens is 1. The maximum atomic E-state index is 13.1. The van der Waals surface area contributed by atoms with Crippen molar-refractivity contribution in [1.82, 2.24) is 15.6 Å². The summed E-state index contributed by atoms with van der Waals surface area (Å²) in [7, 11) is 1.52. The van der Waals surface area contributed by atoms with Gasteiger partial charge in [-0.25, -0.2) is 4.79 Å². The monoisotopic (exact) mass is 705 g/mol. The Labute approximate surface area is 296 Å². The Morgan fingerprint density at radius 1 is 0.902 bits per heavy atom. The summed E-state index contributed by atoms with van der Waals surface area (Å²) in [5.74, 6) is -1.23. The zero-order chi connectivity index (χ0) is 36.1. The lowest BCUT2D eigenvalue weighted by Crippen LogP contribution is -2.36. The van der Waals surface area contributed by atoms with Gasteiger partial charge in [-0.2, -0.15) is 0 Å². The molecule has 2 atom stereocenters. The van der Waals surface area contributed by atoms with Gasteiger partial charge in [0, 0.05) is 45.4 Å². The van der Waals surface area contributed by atoms with Gasteiger partial charge >= 0.3 is 5.97 Å². The molecule has 0 aliphatic heterocycles. The van der Waals surface area contributed by atoms with Crippen molar-refractivity contribution >= 4 is 34.1 Å². The molecule has 1 amide bonds. The van der Waals surface area contributed by atoms with E-state index in [-0.39, 0.29) is 46.9 Å². The van der Waals surface area contributed by atoms with Crippen LogP contribution in [-0.4, -0.2) is 50.9 Å². The normalized spacial score (nSPS) is 13.0. The van der Waals surface area contributed by atoms with Crippen molar-refractivity contribution < 1.29 is 34.8 Å². The molecular weight excluding hydrogens is 671 g/mol. The molecule has 2 heterocycles. The van der Waals surface area contributed by atoms with Gasteiger partial charge in [0.25, 0.3) is 5.91 Å². The largest absolute Gasteiger partial charge is 0.506 e. The molecule has 6 aromatic rings. The number of aliphatic hydroxyl groups excluding tert-OH is 1. The number of aliphatic hydroxyl groups is 2. The number of rotatable bonds is 13. The van der Waals surface area contributed by atoms with Gasteiger partial charge in [-0.1, -0.05) is 66.7 Å². The van der Waals surface area contributed by atoms with Crippen LogP contribution in [0.1, 0.15) is 43.6 Å². The summed E-state index contributed by atoms with van der Waals surface area (Å²) in [5.41, 5.74) is 0.816. The van der Waals surface area contributed by atoms with Crippen LogP contribution in [0, 0.1) is 0 Å². The molecule has 0 spiro atoms. The number of amides is 1. The molecule has 0 aliphatic rings. The smallest absolute Gasteiger partial charge is 0.345 e. The van der Waals surface area contributed by atoms with Crippen molar-refractivity contribution in [2.75, 3.05) is 13.7 Å². The van der Waals surface area contributed by atoms with Crippen molar-refractivity contribution in [1.29, 1.82) is 0 Å². The number of aromatic hydroxyl groups is 1. The molecule has 0 saturated heterocycles. The minimum Gasteiger partial charge on any atom is -0.506 e. The summed E-state index contributed by atoms with van der Waals surface area (Å²) in [6, 6.07) is 29.9. The molecule has 12 heteroatoms. The number of nitrogens with one attached hydrogen (secondary N) is 3. The van der Waals surface area contributed by atoms with Gasteiger partial charge in [-0.05, 0) is 58.7 Å². The highest BCUT2D eigenvalue weighted by Gasteiger charge is 2.40. The zero-order valence-electron chi connectivity index (χ0n) is 27.4. The zero-order valence-corrected chi connectivity index (χ0v) is 28.2. The van der Waals surface area contributed by atoms with Crippen LogP contribution in [0.15, 0.2) is 114 Å². The van der Waals surface area contributed by atoms with Crippen LogP contribution in [0.5, 0.6) is 11.5 Å². The Kier molecular flexibility index (Phi) is 10.3. The third kappa shape index (κ3) is 7.39. The number of hydrogen-bond acceptors (Lipinski definition) is 9. The molecule has 0 bridgehead atoms. The highest BCUT2D eigenvalue weighted by atomic mass is 32.1. The summed E-state index contributed by atoms with van der Waals surface area (Å²) in [6.07, 6.45) is -0.927. The molecule has 51 heavy (non-hydrogen) atoms. The molecule has 260 valence electrons. The van der Waals surface area contributed by atoms with Gasteiger partial charge in [0.2, 0.25) is 11.2 Å². The number of carbonyl (C=O) groups excluding carboxylic acids is 1. The van der Waals surface area contributed by atoms with E-state index in [1.807, 2.05) is 12.1 Å². The second-order valence-corrected chi connectivity index (χ2v) is 13.0. The number of carboxylic acid groups (broad SMARTS) is 1. The van der Waals surface area contributed by atoms with Crippen LogP contribution >= 0.6 is 11.3 Å². The Morgan fingerprint density at radius 3 is 2.37 bits per heavy atom. The first-order valence-electron chi connectivity index (χ1n) is 16.0. The first-order valence-corrected chi connectivity index (χ1v) is 16.8. The molecular formula is C39H35N3O8S. The number of ether oxygens (including phenoxy) is 1. The average Bonchev–Trinajstić information content (AvgIpc) is 3.63. The van der Waals surface area contributed by atoms with Gasteiger partial charge in [0.05, 0.1) is 25.3 Å². The molecule has 4 aromatic carbocycles. The number of phenols is 1. The molecule has 11 nitrogen and oxygen atoms in total. The van der Waals surface area contributed by atoms with Crippen LogP contribution < -0.4 is 20.9 Å². The third-order valence-corrected chi connectivity index (χ3v) is 9.78. The molecule has 0 saturated carbocycles. The predicted octanol–water partition coefficient (Wildman–Crippen LogP) is 5.04. The van der Waals surface area contributed by atoms with Gasteiger partial charge in [-0.3, -0.25) is 9.59 Å². The van der Waals surface area contributed by atoms with E-state index in [9.17, 15) is 34.8 Å². The van der Waals surface area contributed by atoms with Crippen molar-refractivity contribution in [3.05, 3.63) is 152 Å². The van der Waals surface area contributed by atoms with Crippen LogP contribution in [-0.2, 0) is 23.5 Å². The lowest BCUT2D eigenvalue weighted by atomic mass is 9.86. The van der Waals surface area contributed by atoms with E-state index >= 15 is 0 Å². The van der Waals surface area contributed by atoms with E-state index in [2.05, 4.69) is 15.6 Å². The van der Waals surface area contributed by atoms with Crippen LogP contribution in [0.2, 0.25) is 0 Å². The Hall–Kier alpha value is -5.79. The lowest BCUT2D eigenvalue weighted by Gasteiger charge is -2.24.